The number of methoxy groups -OCH3 is 2. The predicted molar refractivity (Wildman–Crippen MR) is 109 cm³/mol. The molecule has 0 atom stereocenters. The summed E-state index contributed by atoms with van der Waals surface area (Å²) in [6.07, 6.45) is 1.96. The Morgan fingerprint density at radius 2 is 1.89 bits per heavy atom. The van der Waals surface area contributed by atoms with Gasteiger partial charge in [0.1, 0.15) is 0 Å². The lowest BCUT2D eigenvalue weighted by Crippen LogP contribution is -2.37. The highest BCUT2D eigenvalue weighted by atomic mass is 32.1. The third-order valence-electron chi connectivity index (χ3n) is 5.08. The molecule has 0 bridgehead atoms. The van der Waals surface area contributed by atoms with Gasteiger partial charge in [-0.05, 0) is 54.7 Å². The molecule has 0 unspecified atom stereocenters. The van der Waals surface area contributed by atoms with Gasteiger partial charge in [0.25, 0.3) is 5.91 Å². The van der Waals surface area contributed by atoms with Crippen molar-refractivity contribution < 1.29 is 14.3 Å². The van der Waals surface area contributed by atoms with E-state index in [1.807, 2.05) is 6.07 Å². The Morgan fingerprint density at radius 3 is 2.52 bits per heavy atom. The van der Waals surface area contributed by atoms with Gasteiger partial charge in [-0.1, -0.05) is 6.92 Å². The number of fused-ring (bicyclic) bond motifs is 1. The minimum atomic E-state index is 0.0339. The zero-order valence-corrected chi connectivity index (χ0v) is 17.4. The summed E-state index contributed by atoms with van der Waals surface area (Å²) in [6, 6.07) is 6.15. The third-order valence-corrected chi connectivity index (χ3v) is 6.46. The number of carbonyl (C=O) groups excluding carboxylic acids is 1. The number of hydrogen-bond acceptors (Lipinski definition) is 5. The largest absolute Gasteiger partial charge is 0.493 e. The number of amides is 1. The van der Waals surface area contributed by atoms with Crippen LogP contribution >= 0.6 is 11.3 Å². The number of thiophene rings is 1. The maximum atomic E-state index is 12.4. The van der Waals surface area contributed by atoms with E-state index in [9.17, 15) is 4.79 Å². The summed E-state index contributed by atoms with van der Waals surface area (Å²) in [7, 11) is 3.33. The smallest absolute Gasteiger partial charge is 0.261 e. The van der Waals surface area contributed by atoms with Crippen LogP contribution in [-0.4, -0.2) is 44.7 Å². The first-order valence-electron chi connectivity index (χ1n) is 9.39. The standard InChI is InChI=1S/C21H28N2O3S/c1-5-19-14(2)10-20(27-19)21(24)22-7-9-23-8-6-15-11-17(25-3)18(26-4)12-16(15)13-23/h10-12H,5-9,13H2,1-4H3,(H,22,24). The first-order valence-corrected chi connectivity index (χ1v) is 10.2. The lowest BCUT2D eigenvalue weighted by atomic mass is 9.99. The minimum absolute atomic E-state index is 0.0339. The Hall–Kier alpha value is -2.05. The number of nitrogens with one attached hydrogen (secondary N) is 1. The highest BCUT2D eigenvalue weighted by Crippen LogP contribution is 2.33. The number of hydrogen-bond donors (Lipinski definition) is 1. The average molecular weight is 389 g/mol. The first kappa shape index (κ1) is 19.7. The molecule has 1 amide bonds. The molecule has 1 aromatic carbocycles. The molecule has 2 heterocycles. The normalized spacial score (nSPS) is 13.9. The molecule has 6 heteroatoms. The average Bonchev–Trinajstić information content (AvgIpc) is 3.07. The Bertz CT molecular complexity index is 816. The van der Waals surface area contributed by atoms with Gasteiger partial charge >= 0.3 is 0 Å². The molecule has 0 spiro atoms. The van der Waals surface area contributed by atoms with Crippen LogP contribution in [0.5, 0.6) is 11.5 Å². The molecule has 146 valence electrons. The van der Waals surface area contributed by atoms with Crippen molar-refractivity contribution in [3.63, 3.8) is 0 Å². The number of aryl methyl sites for hydroxylation is 2. The van der Waals surface area contributed by atoms with Gasteiger partial charge in [-0.2, -0.15) is 0 Å². The second-order valence-corrected chi connectivity index (χ2v) is 7.97. The van der Waals surface area contributed by atoms with Crippen LogP contribution in [0.3, 0.4) is 0 Å². The molecular weight excluding hydrogens is 360 g/mol. The minimum Gasteiger partial charge on any atom is -0.493 e. The van der Waals surface area contributed by atoms with E-state index in [2.05, 4.69) is 36.2 Å². The van der Waals surface area contributed by atoms with Crippen molar-refractivity contribution in [2.75, 3.05) is 33.9 Å². The third kappa shape index (κ3) is 4.45. The fourth-order valence-electron chi connectivity index (χ4n) is 3.53. The van der Waals surface area contributed by atoms with Gasteiger partial charge in [0.2, 0.25) is 0 Å². The molecule has 1 aliphatic rings. The van der Waals surface area contributed by atoms with Crippen LogP contribution < -0.4 is 14.8 Å². The topological polar surface area (TPSA) is 50.8 Å². The summed E-state index contributed by atoms with van der Waals surface area (Å²) in [4.78, 5) is 16.8. The lowest BCUT2D eigenvalue weighted by molar-refractivity contribution is 0.0951. The molecule has 2 aromatic rings. The molecule has 0 saturated carbocycles. The van der Waals surface area contributed by atoms with Crippen LogP contribution in [0.25, 0.3) is 0 Å². The van der Waals surface area contributed by atoms with Crippen LogP contribution in [0.1, 0.15) is 38.2 Å². The predicted octanol–water partition coefficient (Wildman–Crippen LogP) is 3.42. The Labute approximate surface area is 165 Å². The fraction of sp³-hybridized carbons (Fsp3) is 0.476. The lowest BCUT2D eigenvalue weighted by Gasteiger charge is -2.29. The Morgan fingerprint density at radius 1 is 1.19 bits per heavy atom. The molecule has 1 N–H and O–H groups in total. The van der Waals surface area contributed by atoms with Gasteiger partial charge in [0, 0.05) is 31.1 Å². The molecule has 27 heavy (non-hydrogen) atoms. The van der Waals surface area contributed by atoms with E-state index in [0.29, 0.717) is 6.54 Å². The Balaban J connectivity index is 1.55. The molecule has 0 aliphatic carbocycles. The van der Waals surface area contributed by atoms with Gasteiger partial charge in [-0.15, -0.1) is 11.3 Å². The SMILES string of the molecule is CCc1sc(C(=O)NCCN2CCc3cc(OC)c(OC)cc3C2)cc1C. The van der Waals surface area contributed by atoms with E-state index in [-0.39, 0.29) is 5.91 Å². The molecule has 1 aliphatic heterocycles. The van der Waals surface area contributed by atoms with Gasteiger partial charge < -0.3 is 14.8 Å². The van der Waals surface area contributed by atoms with Crippen molar-refractivity contribution in [3.8, 4) is 11.5 Å². The first-order chi connectivity index (χ1) is 13.0. The number of carbonyl (C=O) groups is 1. The van der Waals surface area contributed by atoms with E-state index in [4.69, 9.17) is 9.47 Å². The number of ether oxygens (including phenoxy) is 2. The van der Waals surface area contributed by atoms with Gasteiger partial charge in [-0.3, -0.25) is 9.69 Å². The molecule has 5 nitrogen and oxygen atoms in total. The maximum absolute atomic E-state index is 12.4. The van der Waals surface area contributed by atoms with Gasteiger partial charge in [-0.25, -0.2) is 0 Å². The molecule has 0 saturated heterocycles. The van der Waals surface area contributed by atoms with Crippen LogP contribution in [0, 0.1) is 6.92 Å². The van der Waals surface area contributed by atoms with Crippen molar-refractivity contribution >= 4 is 17.2 Å². The quantitative estimate of drug-likeness (QED) is 0.790. The zero-order chi connectivity index (χ0) is 19.4. The van der Waals surface area contributed by atoms with Crippen LogP contribution in [0.2, 0.25) is 0 Å². The monoisotopic (exact) mass is 388 g/mol. The van der Waals surface area contributed by atoms with E-state index >= 15 is 0 Å². The van der Waals surface area contributed by atoms with Crippen molar-refractivity contribution in [2.24, 2.45) is 0 Å². The van der Waals surface area contributed by atoms with Crippen molar-refractivity contribution in [1.82, 2.24) is 10.2 Å². The van der Waals surface area contributed by atoms with Gasteiger partial charge in [0.05, 0.1) is 19.1 Å². The molecule has 3 rings (SSSR count). The second-order valence-electron chi connectivity index (χ2n) is 6.83. The number of nitrogens with zero attached hydrogens (tertiary/aromatic N) is 1. The van der Waals surface area contributed by atoms with Crippen molar-refractivity contribution in [1.29, 1.82) is 0 Å². The summed E-state index contributed by atoms with van der Waals surface area (Å²) in [5.74, 6) is 1.59. The number of rotatable bonds is 7. The summed E-state index contributed by atoms with van der Waals surface area (Å²) in [5.41, 5.74) is 3.80. The second kappa shape index (κ2) is 8.76. The highest BCUT2D eigenvalue weighted by Gasteiger charge is 2.19. The Kier molecular flexibility index (Phi) is 6.39. The molecule has 1 aromatic heterocycles. The highest BCUT2D eigenvalue weighted by molar-refractivity contribution is 7.14. The molecular formula is C21H28N2O3S. The maximum Gasteiger partial charge on any atom is 0.261 e. The van der Waals surface area contributed by atoms with Crippen molar-refractivity contribution in [2.45, 2.75) is 33.2 Å². The van der Waals surface area contributed by atoms with E-state index in [1.54, 1.807) is 25.6 Å². The van der Waals surface area contributed by atoms with E-state index < -0.39 is 0 Å². The fourth-order valence-corrected chi connectivity index (χ4v) is 4.56. The molecule has 0 fully saturated rings. The van der Waals surface area contributed by atoms with Gasteiger partial charge in [0.15, 0.2) is 11.5 Å². The summed E-state index contributed by atoms with van der Waals surface area (Å²) < 4.78 is 10.8. The summed E-state index contributed by atoms with van der Waals surface area (Å²) in [5, 5.41) is 3.06. The van der Waals surface area contributed by atoms with Crippen LogP contribution in [0.15, 0.2) is 18.2 Å². The number of benzene rings is 1. The van der Waals surface area contributed by atoms with E-state index in [0.717, 1.165) is 48.9 Å². The summed E-state index contributed by atoms with van der Waals surface area (Å²) in [6.45, 7) is 7.53. The zero-order valence-electron chi connectivity index (χ0n) is 16.6. The van der Waals surface area contributed by atoms with Crippen LogP contribution in [0.4, 0.5) is 0 Å². The molecule has 0 radical (unpaired) electrons. The van der Waals surface area contributed by atoms with Crippen LogP contribution in [-0.2, 0) is 19.4 Å². The van der Waals surface area contributed by atoms with Crippen molar-refractivity contribution in [3.05, 3.63) is 44.6 Å². The van der Waals surface area contributed by atoms with E-state index in [1.165, 1.54) is 21.6 Å². The summed E-state index contributed by atoms with van der Waals surface area (Å²) >= 11 is 1.60.